The maximum atomic E-state index is 12.5. The van der Waals surface area contributed by atoms with E-state index in [0.29, 0.717) is 24.7 Å². The van der Waals surface area contributed by atoms with E-state index in [2.05, 4.69) is 4.90 Å². The van der Waals surface area contributed by atoms with Gasteiger partial charge < -0.3 is 24.2 Å². The number of anilines is 1. The van der Waals surface area contributed by atoms with Crippen LogP contribution in [-0.4, -0.2) is 72.8 Å². The summed E-state index contributed by atoms with van der Waals surface area (Å²) in [5.74, 6) is 0.885. The Bertz CT molecular complexity index is 762. The number of benzene rings is 1. The van der Waals surface area contributed by atoms with Gasteiger partial charge in [0.2, 0.25) is 5.91 Å². The van der Waals surface area contributed by atoms with Crippen LogP contribution in [0.2, 0.25) is 0 Å². The van der Waals surface area contributed by atoms with Crippen molar-refractivity contribution in [2.24, 2.45) is 0 Å². The molecule has 3 fully saturated rings. The number of nitrogens with zero attached hydrogens (tertiary/aromatic N) is 3. The number of piperidine rings is 2. The zero-order valence-electron chi connectivity index (χ0n) is 19.0. The summed E-state index contributed by atoms with van der Waals surface area (Å²) in [7, 11) is 1.65. The standard InChI is InChI=1S/C24H35N3O4/c1-4-31-24(29)27-20-5-6-21(27)16-22(15-20)25-13-11-19(12-14-25)26(17(2)28)18-7-9-23(30-3)10-8-18/h7-10,19-22H,4-6,11-16H2,1-3H3. The Kier molecular flexibility index (Phi) is 6.70. The zero-order valence-corrected chi connectivity index (χ0v) is 19.0. The molecule has 1 aromatic rings. The molecule has 3 aliphatic heterocycles. The van der Waals surface area contributed by atoms with Gasteiger partial charge in [-0.05, 0) is 69.7 Å². The molecule has 0 N–H and O–H groups in total. The lowest BCUT2D eigenvalue weighted by molar-refractivity contribution is -0.117. The molecule has 2 atom stereocenters. The Morgan fingerprint density at radius 3 is 2.13 bits per heavy atom. The van der Waals surface area contributed by atoms with Crippen LogP contribution in [0.25, 0.3) is 0 Å². The topological polar surface area (TPSA) is 62.3 Å². The Hall–Kier alpha value is -2.28. The molecule has 1 aromatic carbocycles. The Balaban J connectivity index is 1.36. The molecule has 0 aromatic heterocycles. The summed E-state index contributed by atoms with van der Waals surface area (Å²) in [4.78, 5) is 31.4. The van der Waals surface area contributed by atoms with Crippen molar-refractivity contribution in [2.75, 3.05) is 31.7 Å². The highest BCUT2D eigenvalue weighted by Gasteiger charge is 2.45. The molecule has 2 bridgehead atoms. The quantitative estimate of drug-likeness (QED) is 0.715. The van der Waals surface area contributed by atoms with Crippen LogP contribution < -0.4 is 9.64 Å². The van der Waals surface area contributed by atoms with Gasteiger partial charge in [0, 0.05) is 49.9 Å². The highest BCUT2D eigenvalue weighted by atomic mass is 16.6. The Morgan fingerprint density at radius 1 is 1.00 bits per heavy atom. The highest BCUT2D eigenvalue weighted by molar-refractivity contribution is 5.92. The van der Waals surface area contributed by atoms with Gasteiger partial charge in [-0.2, -0.15) is 0 Å². The summed E-state index contributed by atoms with van der Waals surface area (Å²) >= 11 is 0. The van der Waals surface area contributed by atoms with Crippen molar-refractivity contribution in [3.63, 3.8) is 0 Å². The first-order valence-corrected chi connectivity index (χ1v) is 11.6. The first kappa shape index (κ1) is 21.9. The number of carbonyl (C=O) groups excluding carboxylic acids is 2. The van der Waals surface area contributed by atoms with E-state index in [1.165, 1.54) is 0 Å². The van der Waals surface area contributed by atoms with Gasteiger partial charge in [-0.15, -0.1) is 0 Å². The summed E-state index contributed by atoms with van der Waals surface area (Å²) in [6, 6.07) is 9.13. The number of amides is 2. The molecule has 0 saturated carbocycles. The second-order valence-corrected chi connectivity index (χ2v) is 8.97. The summed E-state index contributed by atoms with van der Waals surface area (Å²) in [5, 5.41) is 0. The van der Waals surface area contributed by atoms with Gasteiger partial charge in [0.05, 0.1) is 13.7 Å². The molecule has 2 unspecified atom stereocenters. The van der Waals surface area contributed by atoms with Crippen molar-refractivity contribution < 1.29 is 19.1 Å². The molecular weight excluding hydrogens is 394 g/mol. The number of likely N-dealkylation sites (tertiary alicyclic amines) is 1. The minimum absolute atomic E-state index is 0.0874. The van der Waals surface area contributed by atoms with E-state index in [1.807, 2.05) is 41.0 Å². The number of hydrogen-bond donors (Lipinski definition) is 0. The second-order valence-electron chi connectivity index (χ2n) is 8.97. The van der Waals surface area contributed by atoms with Gasteiger partial charge in [-0.1, -0.05) is 0 Å². The van der Waals surface area contributed by atoms with E-state index >= 15 is 0 Å². The maximum Gasteiger partial charge on any atom is 0.410 e. The van der Waals surface area contributed by atoms with Crippen molar-refractivity contribution in [1.29, 1.82) is 0 Å². The number of methoxy groups -OCH3 is 1. The van der Waals surface area contributed by atoms with Crippen molar-refractivity contribution in [3.8, 4) is 5.75 Å². The van der Waals surface area contributed by atoms with E-state index in [-0.39, 0.29) is 18.0 Å². The second kappa shape index (κ2) is 9.47. The number of hydrogen-bond acceptors (Lipinski definition) is 5. The summed E-state index contributed by atoms with van der Waals surface area (Å²) < 4.78 is 10.5. The molecule has 0 spiro atoms. The minimum Gasteiger partial charge on any atom is -0.497 e. The fraction of sp³-hybridized carbons (Fsp3) is 0.667. The van der Waals surface area contributed by atoms with Crippen LogP contribution in [0.15, 0.2) is 24.3 Å². The number of ether oxygens (including phenoxy) is 2. The van der Waals surface area contributed by atoms with Crippen LogP contribution in [0, 0.1) is 0 Å². The van der Waals surface area contributed by atoms with Gasteiger partial charge >= 0.3 is 6.09 Å². The first-order valence-electron chi connectivity index (χ1n) is 11.6. The highest BCUT2D eigenvalue weighted by Crippen LogP contribution is 2.39. The number of rotatable bonds is 5. The smallest absolute Gasteiger partial charge is 0.410 e. The number of fused-ring (bicyclic) bond motifs is 2. The summed E-state index contributed by atoms with van der Waals surface area (Å²) in [6.45, 7) is 5.95. The normalized spacial score (nSPS) is 26.5. The average Bonchev–Trinajstić information content (AvgIpc) is 3.04. The molecule has 170 valence electrons. The minimum atomic E-state index is -0.135. The van der Waals surface area contributed by atoms with Crippen LogP contribution >= 0.6 is 0 Å². The largest absolute Gasteiger partial charge is 0.497 e. The first-order chi connectivity index (χ1) is 15.0. The van der Waals surface area contributed by atoms with Crippen molar-refractivity contribution in [2.45, 2.75) is 76.5 Å². The molecule has 3 heterocycles. The van der Waals surface area contributed by atoms with E-state index in [4.69, 9.17) is 9.47 Å². The van der Waals surface area contributed by atoms with Crippen LogP contribution in [-0.2, 0) is 9.53 Å². The van der Waals surface area contributed by atoms with Gasteiger partial charge in [0.15, 0.2) is 0 Å². The molecule has 7 heteroatoms. The van der Waals surface area contributed by atoms with Gasteiger partial charge in [-0.25, -0.2) is 4.79 Å². The molecular formula is C24H35N3O4. The monoisotopic (exact) mass is 429 g/mol. The molecule has 7 nitrogen and oxygen atoms in total. The van der Waals surface area contributed by atoms with Crippen molar-refractivity contribution >= 4 is 17.7 Å². The van der Waals surface area contributed by atoms with Crippen LogP contribution in [0.5, 0.6) is 5.75 Å². The predicted octanol–water partition coefficient (Wildman–Crippen LogP) is 3.66. The van der Waals surface area contributed by atoms with E-state index in [1.54, 1.807) is 14.0 Å². The zero-order chi connectivity index (χ0) is 22.0. The number of carbonyl (C=O) groups is 2. The van der Waals surface area contributed by atoms with Crippen molar-refractivity contribution in [3.05, 3.63) is 24.3 Å². The lowest BCUT2D eigenvalue weighted by atomic mass is 9.93. The predicted molar refractivity (Wildman–Crippen MR) is 119 cm³/mol. The Morgan fingerprint density at radius 2 is 1.61 bits per heavy atom. The van der Waals surface area contributed by atoms with Gasteiger partial charge in [0.25, 0.3) is 0 Å². The SMILES string of the molecule is CCOC(=O)N1C2CCC1CC(N1CCC(N(C(C)=O)c3ccc(OC)cc3)CC1)C2. The Labute approximate surface area is 185 Å². The van der Waals surface area contributed by atoms with Crippen LogP contribution in [0.1, 0.15) is 52.4 Å². The molecule has 3 aliphatic rings. The lowest BCUT2D eigenvalue weighted by Crippen LogP contribution is -2.55. The van der Waals surface area contributed by atoms with Crippen LogP contribution in [0.4, 0.5) is 10.5 Å². The van der Waals surface area contributed by atoms with Crippen molar-refractivity contribution in [1.82, 2.24) is 9.80 Å². The fourth-order valence-corrected chi connectivity index (χ4v) is 5.84. The molecule has 0 aliphatic carbocycles. The van der Waals surface area contributed by atoms with E-state index in [0.717, 1.165) is 63.1 Å². The summed E-state index contributed by atoms with van der Waals surface area (Å²) in [6.07, 6.45) is 6.06. The molecule has 2 amide bonds. The third-order valence-electron chi connectivity index (χ3n) is 7.26. The maximum absolute atomic E-state index is 12.5. The van der Waals surface area contributed by atoms with Gasteiger partial charge in [0.1, 0.15) is 5.75 Å². The molecule has 31 heavy (non-hydrogen) atoms. The molecule has 4 rings (SSSR count). The third kappa shape index (κ3) is 4.52. The fourth-order valence-electron chi connectivity index (χ4n) is 5.84. The van der Waals surface area contributed by atoms with E-state index in [9.17, 15) is 9.59 Å². The average molecular weight is 430 g/mol. The summed E-state index contributed by atoms with van der Waals surface area (Å²) in [5.41, 5.74) is 0.938. The van der Waals surface area contributed by atoms with E-state index < -0.39 is 0 Å². The molecule has 3 saturated heterocycles. The molecule has 0 radical (unpaired) electrons. The van der Waals surface area contributed by atoms with Crippen LogP contribution in [0.3, 0.4) is 0 Å². The third-order valence-corrected chi connectivity index (χ3v) is 7.26. The van der Waals surface area contributed by atoms with Gasteiger partial charge in [-0.3, -0.25) is 4.79 Å². The lowest BCUT2D eigenvalue weighted by Gasteiger charge is -2.46.